The first-order valence-corrected chi connectivity index (χ1v) is 10.2. The Balaban J connectivity index is 1.59. The first-order valence-electron chi connectivity index (χ1n) is 9.17. The van der Waals surface area contributed by atoms with Gasteiger partial charge in [0.15, 0.2) is 5.82 Å². The van der Waals surface area contributed by atoms with Gasteiger partial charge in [0.1, 0.15) is 6.04 Å². The molecule has 0 spiro atoms. The van der Waals surface area contributed by atoms with Crippen molar-refractivity contribution in [2.24, 2.45) is 0 Å². The van der Waals surface area contributed by atoms with Crippen molar-refractivity contribution in [3.05, 3.63) is 29.8 Å². The lowest BCUT2D eigenvalue weighted by molar-refractivity contribution is -0.155. The zero-order chi connectivity index (χ0) is 19.2. The summed E-state index contributed by atoms with van der Waals surface area (Å²) in [4.78, 5) is 30.8. The normalized spacial score (nSPS) is 17.0. The molecule has 0 bridgehead atoms. The Morgan fingerprint density at radius 1 is 1.30 bits per heavy atom. The van der Waals surface area contributed by atoms with E-state index in [1.807, 2.05) is 31.2 Å². The van der Waals surface area contributed by atoms with E-state index in [9.17, 15) is 9.59 Å². The van der Waals surface area contributed by atoms with Crippen LogP contribution in [0.15, 0.2) is 29.4 Å². The number of hydrogen-bond donors (Lipinski definition) is 1. The topological polar surface area (TPSA) is 88.2 Å². The van der Waals surface area contributed by atoms with E-state index in [4.69, 9.17) is 4.74 Å². The smallest absolute Gasteiger partial charge is 0.328 e. The molecule has 1 N–H and O–H groups in total. The lowest BCUT2D eigenvalue weighted by atomic mass is 10.0. The SMILES string of the molecule is CCOC(=O)[C@H]1CCCCN1C(=O)CSc1n[nH]c(-c2ccc(C)cc2)n1. The number of amides is 1. The molecular formula is C19H24N4O3S. The highest BCUT2D eigenvalue weighted by Gasteiger charge is 2.33. The van der Waals surface area contributed by atoms with Crippen molar-refractivity contribution in [2.75, 3.05) is 18.9 Å². The van der Waals surface area contributed by atoms with E-state index in [0.29, 0.717) is 30.6 Å². The third kappa shape index (κ3) is 4.88. The summed E-state index contributed by atoms with van der Waals surface area (Å²) in [6.07, 6.45) is 2.50. The van der Waals surface area contributed by atoms with Gasteiger partial charge >= 0.3 is 5.97 Å². The van der Waals surface area contributed by atoms with E-state index in [1.165, 1.54) is 17.3 Å². The number of H-pyrrole nitrogens is 1. The van der Waals surface area contributed by atoms with Crippen molar-refractivity contribution in [3.63, 3.8) is 0 Å². The van der Waals surface area contributed by atoms with E-state index in [-0.39, 0.29) is 17.6 Å². The molecule has 1 aliphatic rings. The molecule has 1 saturated heterocycles. The van der Waals surface area contributed by atoms with Crippen LogP contribution in [0.1, 0.15) is 31.7 Å². The van der Waals surface area contributed by atoms with Crippen LogP contribution in [-0.4, -0.2) is 56.9 Å². The molecule has 2 aromatic rings. The number of carbonyl (C=O) groups is 2. The fourth-order valence-electron chi connectivity index (χ4n) is 3.07. The van der Waals surface area contributed by atoms with Crippen LogP contribution in [0, 0.1) is 6.92 Å². The van der Waals surface area contributed by atoms with Gasteiger partial charge in [-0.05, 0) is 33.1 Å². The molecule has 0 saturated carbocycles. The highest BCUT2D eigenvalue weighted by atomic mass is 32.2. The second-order valence-electron chi connectivity index (χ2n) is 6.47. The Hall–Kier alpha value is -2.35. The minimum absolute atomic E-state index is 0.0839. The summed E-state index contributed by atoms with van der Waals surface area (Å²) >= 11 is 1.27. The average molecular weight is 388 g/mol. The van der Waals surface area contributed by atoms with Crippen LogP contribution >= 0.6 is 11.8 Å². The molecule has 1 atom stereocenters. The van der Waals surface area contributed by atoms with Crippen molar-refractivity contribution in [3.8, 4) is 11.4 Å². The summed E-state index contributed by atoms with van der Waals surface area (Å²) in [5.41, 5.74) is 2.13. The van der Waals surface area contributed by atoms with Crippen LogP contribution < -0.4 is 0 Å². The van der Waals surface area contributed by atoms with Crippen LogP contribution in [-0.2, 0) is 14.3 Å². The number of piperidine rings is 1. The quantitative estimate of drug-likeness (QED) is 0.605. The number of aromatic amines is 1. The number of aromatic nitrogens is 3. The third-order valence-corrected chi connectivity index (χ3v) is 5.33. The molecular weight excluding hydrogens is 364 g/mol. The minimum atomic E-state index is -0.470. The second kappa shape index (κ2) is 9.03. The van der Waals surface area contributed by atoms with E-state index in [0.717, 1.165) is 18.4 Å². The van der Waals surface area contributed by atoms with Crippen molar-refractivity contribution in [1.82, 2.24) is 20.1 Å². The first-order chi connectivity index (χ1) is 13.1. The summed E-state index contributed by atoms with van der Waals surface area (Å²) in [5.74, 6) is 0.475. The van der Waals surface area contributed by atoms with Crippen LogP contribution in [0.25, 0.3) is 11.4 Å². The average Bonchev–Trinajstić information content (AvgIpc) is 3.16. The van der Waals surface area contributed by atoms with Gasteiger partial charge < -0.3 is 9.64 Å². The third-order valence-electron chi connectivity index (χ3n) is 4.50. The number of thioether (sulfide) groups is 1. The maximum Gasteiger partial charge on any atom is 0.328 e. The van der Waals surface area contributed by atoms with Crippen LogP contribution in [0.4, 0.5) is 0 Å². The monoisotopic (exact) mass is 388 g/mol. The molecule has 0 aliphatic carbocycles. The van der Waals surface area contributed by atoms with Gasteiger partial charge in [0.25, 0.3) is 0 Å². The number of benzene rings is 1. The largest absolute Gasteiger partial charge is 0.464 e. The molecule has 1 fully saturated rings. The summed E-state index contributed by atoms with van der Waals surface area (Å²) < 4.78 is 5.12. The van der Waals surface area contributed by atoms with Gasteiger partial charge in [-0.1, -0.05) is 41.6 Å². The van der Waals surface area contributed by atoms with Crippen LogP contribution in [0.5, 0.6) is 0 Å². The molecule has 0 unspecified atom stereocenters. The summed E-state index contributed by atoms with van der Waals surface area (Å²) in [6, 6.07) is 7.52. The molecule has 7 nitrogen and oxygen atoms in total. The number of ether oxygens (including phenoxy) is 1. The fourth-order valence-corrected chi connectivity index (χ4v) is 3.76. The summed E-state index contributed by atoms with van der Waals surface area (Å²) in [6.45, 7) is 4.72. The Kier molecular flexibility index (Phi) is 6.49. The standard InChI is InChI=1S/C19H24N4O3S/c1-3-26-18(25)15-6-4-5-11-23(15)16(24)12-27-19-20-17(21-22-19)14-9-7-13(2)8-10-14/h7-10,15H,3-6,11-12H2,1-2H3,(H,20,21,22)/t15-/m1/s1. The van der Waals surface area contributed by atoms with Crippen molar-refractivity contribution >= 4 is 23.6 Å². The van der Waals surface area contributed by atoms with E-state index in [2.05, 4.69) is 15.2 Å². The van der Waals surface area contributed by atoms with Gasteiger partial charge in [0.05, 0.1) is 12.4 Å². The zero-order valence-electron chi connectivity index (χ0n) is 15.6. The molecule has 3 rings (SSSR count). The van der Waals surface area contributed by atoms with Crippen LogP contribution in [0.3, 0.4) is 0 Å². The Labute approximate surface area is 162 Å². The van der Waals surface area contributed by atoms with Gasteiger partial charge in [0, 0.05) is 12.1 Å². The molecule has 1 amide bonds. The molecule has 2 heterocycles. The zero-order valence-corrected chi connectivity index (χ0v) is 16.4. The van der Waals surface area contributed by atoms with Gasteiger partial charge in [-0.3, -0.25) is 9.89 Å². The van der Waals surface area contributed by atoms with Crippen LogP contribution in [0.2, 0.25) is 0 Å². The summed E-state index contributed by atoms with van der Waals surface area (Å²) in [5, 5.41) is 7.60. The lowest BCUT2D eigenvalue weighted by Gasteiger charge is -2.33. The number of hydrogen-bond acceptors (Lipinski definition) is 6. The number of nitrogens with zero attached hydrogens (tertiary/aromatic N) is 3. The number of likely N-dealkylation sites (tertiary alicyclic amines) is 1. The second-order valence-corrected chi connectivity index (χ2v) is 7.41. The van der Waals surface area contributed by atoms with E-state index < -0.39 is 6.04 Å². The number of carbonyl (C=O) groups excluding carboxylic acids is 2. The first kappa shape index (κ1) is 19.4. The van der Waals surface area contributed by atoms with Gasteiger partial charge in [0.2, 0.25) is 11.1 Å². The van der Waals surface area contributed by atoms with Crippen molar-refractivity contribution in [1.29, 1.82) is 0 Å². The molecule has 8 heteroatoms. The maximum atomic E-state index is 12.6. The van der Waals surface area contributed by atoms with Gasteiger partial charge in [-0.2, -0.15) is 0 Å². The highest BCUT2D eigenvalue weighted by Crippen LogP contribution is 2.23. The van der Waals surface area contributed by atoms with Gasteiger partial charge in [-0.15, -0.1) is 5.10 Å². The predicted molar refractivity (Wildman–Crippen MR) is 103 cm³/mol. The Morgan fingerprint density at radius 3 is 2.81 bits per heavy atom. The molecule has 27 heavy (non-hydrogen) atoms. The molecule has 1 aromatic heterocycles. The summed E-state index contributed by atoms with van der Waals surface area (Å²) in [7, 11) is 0. The van der Waals surface area contributed by atoms with Crippen molar-refractivity contribution in [2.45, 2.75) is 44.3 Å². The molecule has 0 radical (unpaired) electrons. The molecule has 144 valence electrons. The lowest BCUT2D eigenvalue weighted by Crippen LogP contribution is -2.49. The molecule has 1 aliphatic heterocycles. The number of rotatable bonds is 6. The number of nitrogens with one attached hydrogen (secondary N) is 1. The Bertz CT molecular complexity index is 791. The molecule has 1 aromatic carbocycles. The maximum absolute atomic E-state index is 12.6. The number of aryl methyl sites for hydroxylation is 1. The Morgan fingerprint density at radius 2 is 2.07 bits per heavy atom. The predicted octanol–water partition coefficient (Wildman–Crippen LogP) is 2.82. The highest BCUT2D eigenvalue weighted by molar-refractivity contribution is 7.99. The van der Waals surface area contributed by atoms with E-state index >= 15 is 0 Å². The number of esters is 1. The minimum Gasteiger partial charge on any atom is -0.464 e. The van der Waals surface area contributed by atoms with E-state index in [1.54, 1.807) is 11.8 Å². The van der Waals surface area contributed by atoms with Gasteiger partial charge in [-0.25, -0.2) is 9.78 Å². The van der Waals surface area contributed by atoms with Crippen molar-refractivity contribution < 1.29 is 14.3 Å². The fraction of sp³-hybridized carbons (Fsp3) is 0.474.